The zero-order chi connectivity index (χ0) is 13.5. The fourth-order valence-electron chi connectivity index (χ4n) is 1.09. The van der Waals surface area contributed by atoms with Crippen molar-refractivity contribution in [2.75, 3.05) is 33.0 Å². The molecule has 1 heterocycles. The maximum absolute atomic E-state index is 5.14. The van der Waals surface area contributed by atoms with Gasteiger partial charge in [0, 0.05) is 13.2 Å². The van der Waals surface area contributed by atoms with Crippen LogP contribution in [0.15, 0.2) is 38.0 Å². The number of hydrogen-bond acceptors (Lipinski definition) is 4. The summed E-state index contributed by atoms with van der Waals surface area (Å²) in [6.45, 7) is 13.7. The molecule has 0 aliphatic carbocycles. The molecule has 1 aliphatic heterocycles. The molecule has 1 aliphatic rings. The minimum absolute atomic E-state index is 0.388. The molecule has 0 spiro atoms. The molecule has 0 atom stereocenters. The first kappa shape index (κ1) is 17.1. The van der Waals surface area contributed by atoms with Crippen LogP contribution in [0.3, 0.4) is 0 Å². The van der Waals surface area contributed by atoms with Crippen LogP contribution in [0.25, 0.3) is 0 Å². The smallest absolute Gasteiger partial charge is 0.382 e. The van der Waals surface area contributed by atoms with E-state index in [-0.39, 0.29) is 0 Å². The second-order valence-corrected chi connectivity index (χ2v) is 3.47. The molecule has 5 heteroatoms. The van der Waals surface area contributed by atoms with E-state index in [1.807, 2.05) is 0 Å². The van der Waals surface area contributed by atoms with E-state index >= 15 is 0 Å². The van der Waals surface area contributed by atoms with Gasteiger partial charge in [0.15, 0.2) is 0 Å². The van der Waals surface area contributed by atoms with E-state index in [0.29, 0.717) is 19.8 Å². The Morgan fingerprint density at radius 2 is 1.22 bits per heavy atom. The first-order valence-corrected chi connectivity index (χ1v) is 6.10. The Kier molecular flexibility index (Phi) is 13.5. The van der Waals surface area contributed by atoms with Crippen molar-refractivity contribution in [3.63, 3.8) is 0 Å². The lowest BCUT2D eigenvalue weighted by Gasteiger charge is -2.10. The quantitative estimate of drug-likeness (QED) is 0.467. The molecule has 0 N–H and O–H groups in total. The van der Waals surface area contributed by atoms with E-state index < -0.39 is 7.32 Å². The third kappa shape index (κ3) is 11.6. The van der Waals surface area contributed by atoms with Gasteiger partial charge in [-0.05, 0) is 12.8 Å². The second kappa shape index (κ2) is 14.2. The van der Waals surface area contributed by atoms with Crippen LogP contribution in [0.2, 0.25) is 0 Å². The summed E-state index contributed by atoms with van der Waals surface area (Å²) in [5.74, 6) is 0. The Morgan fingerprint density at radius 3 is 1.44 bits per heavy atom. The van der Waals surface area contributed by atoms with Crippen molar-refractivity contribution in [1.29, 1.82) is 0 Å². The van der Waals surface area contributed by atoms with Gasteiger partial charge in [0.25, 0.3) is 0 Å². The summed E-state index contributed by atoms with van der Waals surface area (Å²) in [4.78, 5) is 0. The third-order valence-corrected chi connectivity index (χ3v) is 1.88. The van der Waals surface area contributed by atoms with Crippen molar-refractivity contribution >= 4 is 7.32 Å². The number of ether oxygens (including phenoxy) is 1. The van der Waals surface area contributed by atoms with Crippen LogP contribution in [0, 0.1) is 0 Å². The third-order valence-electron chi connectivity index (χ3n) is 1.88. The highest BCUT2D eigenvalue weighted by Crippen LogP contribution is 1.98. The molecule has 18 heavy (non-hydrogen) atoms. The zero-order valence-electron chi connectivity index (χ0n) is 11.0. The lowest BCUT2D eigenvalue weighted by Crippen LogP contribution is -2.27. The summed E-state index contributed by atoms with van der Waals surface area (Å²) < 4.78 is 20.4. The lowest BCUT2D eigenvalue weighted by molar-refractivity contribution is 0.123. The van der Waals surface area contributed by atoms with Crippen LogP contribution in [-0.2, 0) is 18.7 Å². The molecular weight excluding hydrogens is 231 g/mol. The monoisotopic (exact) mass is 254 g/mol. The predicted molar refractivity (Wildman–Crippen MR) is 74.3 cm³/mol. The fraction of sp³-hybridized carbons (Fsp3) is 0.538. The first-order chi connectivity index (χ1) is 8.85. The van der Waals surface area contributed by atoms with Crippen LogP contribution >= 0.6 is 0 Å². The Bertz CT molecular complexity index is 181. The van der Waals surface area contributed by atoms with Crippen LogP contribution in [0.1, 0.15) is 12.8 Å². The van der Waals surface area contributed by atoms with Crippen molar-refractivity contribution in [3.8, 4) is 0 Å². The average molecular weight is 254 g/mol. The molecule has 0 amide bonds. The highest BCUT2D eigenvalue weighted by molar-refractivity contribution is 6.36. The van der Waals surface area contributed by atoms with Gasteiger partial charge >= 0.3 is 7.32 Å². The molecule has 0 aromatic rings. The van der Waals surface area contributed by atoms with E-state index in [9.17, 15) is 0 Å². The average Bonchev–Trinajstić information content (AvgIpc) is 2.97. The fourth-order valence-corrected chi connectivity index (χ4v) is 1.09. The zero-order valence-corrected chi connectivity index (χ0v) is 11.0. The van der Waals surface area contributed by atoms with Gasteiger partial charge in [0.1, 0.15) is 0 Å². The molecule has 0 saturated carbocycles. The molecule has 0 radical (unpaired) electrons. The van der Waals surface area contributed by atoms with E-state index in [4.69, 9.17) is 18.7 Å². The van der Waals surface area contributed by atoms with Gasteiger partial charge in [-0.25, -0.2) is 0 Å². The standard InChI is InChI=1S/C9H15BO3.C4H8O/c1-4-7-11-10(12-8-5-2)13-9-6-3;1-2-4-5-3-1/h4-6H,1-3,7-9H2;1-4H2. The highest BCUT2D eigenvalue weighted by Gasteiger charge is 2.18. The molecular formula is C13H23BO4. The van der Waals surface area contributed by atoms with Crippen molar-refractivity contribution < 1.29 is 18.7 Å². The second-order valence-electron chi connectivity index (χ2n) is 3.47. The number of hydrogen-bond donors (Lipinski definition) is 0. The van der Waals surface area contributed by atoms with Gasteiger partial charge in [-0.3, -0.25) is 0 Å². The molecule has 1 rings (SSSR count). The van der Waals surface area contributed by atoms with Gasteiger partial charge in [-0.15, -0.1) is 19.7 Å². The highest BCUT2D eigenvalue weighted by atomic mass is 16.7. The number of rotatable bonds is 9. The van der Waals surface area contributed by atoms with Crippen LogP contribution in [0.5, 0.6) is 0 Å². The Hall–Kier alpha value is -0.875. The Labute approximate surface area is 110 Å². The van der Waals surface area contributed by atoms with E-state index in [1.165, 1.54) is 12.8 Å². The van der Waals surface area contributed by atoms with E-state index in [1.54, 1.807) is 18.2 Å². The summed E-state index contributed by atoms with van der Waals surface area (Å²) in [6.07, 6.45) is 7.44. The Balaban J connectivity index is 0.000000473. The minimum atomic E-state index is -0.672. The molecule has 1 saturated heterocycles. The van der Waals surface area contributed by atoms with Crippen LogP contribution in [-0.4, -0.2) is 40.4 Å². The normalized spacial score (nSPS) is 13.3. The molecule has 0 aromatic heterocycles. The lowest BCUT2D eigenvalue weighted by atomic mass is 10.2. The van der Waals surface area contributed by atoms with E-state index in [0.717, 1.165) is 13.2 Å². The predicted octanol–water partition coefficient (Wildman–Crippen LogP) is 2.38. The van der Waals surface area contributed by atoms with Gasteiger partial charge in [0.2, 0.25) is 0 Å². The van der Waals surface area contributed by atoms with Gasteiger partial charge < -0.3 is 18.7 Å². The molecule has 4 nitrogen and oxygen atoms in total. The minimum Gasteiger partial charge on any atom is -0.382 e. The SMILES string of the molecule is C1CCOC1.C=CCOB(OCC=C)OCC=C. The van der Waals surface area contributed by atoms with Crippen LogP contribution < -0.4 is 0 Å². The van der Waals surface area contributed by atoms with Crippen molar-refractivity contribution in [3.05, 3.63) is 38.0 Å². The summed E-state index contributed by atoms with van der Waals surface area (Å²) in [5, 5.41) is 0. The molecule has 0 unspecified atom stereocenters. The molecule has 0 bridgehead atoms. The molecule has 102 valence electrons. The summed E-state index contributed by atoms with van der Waals surface area (Å²) in [7, 11) is -0.672. The van der Waals surface area contributed by atoms with Crippen molar-refractivity contribution in [2.24, 2.45) is 0 Å². The Morgan fingerprint density at radius 1 is 0.833 bits per heavy atom. The maximum Gasteiger partial charge on any atom is 0.640 e. The van der Waals surface area contributed by atoms with E-state index in [2.05, 4.69) is 19.7 Å². The maximum atomic E-state index is 5.14. The van der Waals surface area contributed by atoms with Crippen molar-refractivity contribution in [1.82, 2.24) is 0 Å². The summed E-state index contributed by atoms with van der Waals surface area (Å²) in [5.41, 5.74) is 0. The topological polar surface area (TPSA) is 36.9 Å². The van der Waals surface area contributed by atoms with Crippen LogP contribution in [0.4, 0.5) is 0 Å². The largest absolute Gasteiger partial charge is 0.640 e. The molecule has 1 fully saturated rings. The summed E-state index contributed by atoms with van der Waals surface area (Å²) in [6, 6.07) is 0. The van der Waals surface area contributed by atoms with Gasteiger partial charge in [-0.1, -0.05) is 18.2 Å². The van der Waals surface area contributed by atoms with Gasteiger partial charge in [0.05, 0.1) is 19.8 Å². The molecule has 0 aromatic carbocycles. The van der Waals surface area contributed by atoms with Crippen molar-refractivity contribution in [2.45, 2.75) is 12.8 Å². The summed E-state index contributed by atoms with van der Waals surface area (Å²) >= 11 is 0. The first-order valence-electron chi connectivity index (χ1n) is 6.10. The van der Waals surface area contributed by atoms with Gasteiger partial charge in [-0.2, -0.15) is 0 Å².